The van der Waals surface area contributed by atoms with Gasteiger partial charge in [0.25, 0.3) is 5.88 Å². The van der Waals surface area contributed by atoms with Gasteiger partial charge in [-0.15, -0.1) is 4.37 Å². The van der Waals surface area contributed by atoms with Crippen LogP contribution in [0.4, 0.5) is 0 Å². The highest BCUT2D eigenvalue weighted by molar-refractivity contribution is 6.99. The summed E-state index contributed by atoms with van der Waals surface area (Å²) >= 11 is 1.19. The Kier molecular flexibility index (Phi) is 9.71. The highest BCUT2D eigenvalue weighted by atomic mass is 32.1. The summed E-state index contributed by atoms with van der Waals surface area (Å²) in [4.78, 5) is 12.5. The first-order valence-corrected chi connectivity index (χ1v) is 12.0. The van der Waals surface area contributed by atoms with Crippen molar-refractivity contribution in [3.8, 4) is 5.88 Å². The Morgan fingerprint density at radius 1 is 1.27 bits per heavy atom. The maximum Gasteiger partial charge on any atom is 0.369 e. The first-order valence-electron chi connectivity index (χ1n) is 11.3. The lowest BCUT2D eigenvalue weighted by atomic mass is 10.0. The molecule has 0 amide bonds. The molecule has 3 atom stereocenters. The fraction of sp³-hybridized carbons (Fsp3) is 0.773. The number of rotatable bonds is 12. The highest BCUT2D eigenvalue weighted by Crippen LogP contribution is 2.31. The molecule has 0 spiro atoms. The van der Waals surface area contributed by atoms with Crippen LogP contribution in [0.3, 0.4) is 0 Å². The summed E-state index contributed by atoms with van der Waals surface area (Å²) < 4.78 is 21.3. The van der Waals surface area contributed by atoms with Gasteiger partial charge < -0.3 is 15.2 Å². The molecule has 1 unspecified atom stereocenters. The second kappa shape index (κ2) is 11.8. The minimum Gasteiger partial charge on any atom is -0.475 e. The zero-order chi connectivity index (χ0) is 22.1. The Hall–Kier alpha value is -1.51. The van der Waals surface area contributed by atoms with E-state index in [1.54, 1.807) is 0 Å². The first kappa shape index (κ1) is 24.8. The van der Waals surface area contributed by atoms with Gasteiger partial charge in [0.2, 0.25) is 6.23 Å². The summed E-state index contributed by atoms with van der Waals surface area (Å²) in [5, 5.41) is 0. The van der Waals surface area contributed by atoms with E-state index in [1.807, 2.05) is 6.92 Å². The van der Waals surface area contributed by atoms with Crippen molar-refractivity contribution in [2.45, 2.75) is 78.5 Å². The Labute approximate surface area is 185 Å². The van der Waals surface area contributed by atoms with Gasteiger partial charge in [-0.25, -0.2) is 4.79 Å². The summed E-state index contributed by atoms with van der Waals surface area (Å²) in [6.07, 6.45) is 8.27. The third-order valence-corrected chi connectivity index (χ3v) is 6.33. The number of likely N-dealkylation sites (N-methyl/N-ethyl adjacent to an activating group) is 1. The second-order valence-corrected chi connectivity index (χ2v) is 9.60. The lowest BCUT2D eigenvalue weighted by molar-refractivity contribution is -0.944. The molecule has 2 heterocycles. The number of unbranched alkanes of at least 4 members (excludes halogenated alkanes) is 3. The Morgan fingerprint density at radius 3 is 2.73 bits per heavy atom. The zero-order valence-corrected chi connectivity index (χ0v) is 20.2. The van der Waals surface area contributed by atoms with E-state index in [0.717, 1.165) is 43.6 Å². The van der Waals surface area contributed by atoms with Gasteiger partial charge in [0.15, 0.2) is 6.04 Å². The molecule has 2 rings (SSSR count). The van der Waals surface area contributed by atoms with Gasteiger partial charge in [0, 0.05) is 25.3 Å². The number of carbonyl (C=O) groups excluding carboxylic acids is 1. The van der Waals surface area contributed by atoms with Crippen LogP contribution in [-0.2, 0) is 9.53 Å². The van der Waals surface area contributed by atoms with Gasteiger partial charge >= 0.3 is 5.97 Å². The largest absolute Gasteiger partial charge is 0.475 e. The van der Waals surface area contributed by atoms with Gasteiger partial charge in [-0.3, -0.25) is 4.48 Å². The Balaban J connectivity index is 1.98. The normalized spacial score (nSPS) is 21.2. The molecule has 7 nitrogen and oxygen atoms in total. The highest BCUT2D eigenvalue weighted by Gasteiger charge is 2.38. The molecule has 170 valence electrons. The van der Waals surface area contributed by atoms with E-state index in [9.17, 15) is 4.79 Å². The fourth-order valence-electron chi connectivity index (χ4n) is 3.77. The Bertz CT molecular complexity index is 706. The molecule has 0 aromatic carbocycles. The van der Waals surface area contributed by atoms with Crippen LogP contribution < -0.4 is 10.5 Å². The molecule has 30 heavy (non-hydrogen) atoms. The van der Waals surface area contributed by atoms with Gasteiger partial charge in [0.1, 0.15) is 12.2 Å². The van der Waals surface area contributed by atoms with E-state index < -0.39 is 0 Å². The van der Waals surface area contributed by atoms with E-state index in [2.05, 4.69) is 48.4 Å². The van der Waals surface area contributed by atoms with Crippen molar-refractivity contribution in [3.63, 3.8) is 0 Å². The summed E-state index contributed by atoms with van der Waals surface area (Å²) in [5.41, 5.74) is 5.95. The number of carbonyl (C=O) groups is 1. The van der Waals surface area contributed by atoms with Gasteiger partial charge in [-0.05, 0) is 12.3 Å². The van der Waals surface area contributed by atoms with Gasteiger partial charge in [-0.2, -0.15) is 4.37 Å². The number of hydrogen-bond acceptors (Lipinski definition) is 6. The molecule has 8 heteroatoms. The average Bonchev–Trinajstić information content (AvgIpc) is 3.16. The molecule has 3 N–H and O–H groups in total. The molecule has 0 bridgehead atoms. The quantitative estimate of drug-likeness (QED) is 0.306. The SMILES string of the molecule is CCCCCCOc1nsnc1C1=CCC[N+](C)([C@H](C)OC(=O)[C@@H]([NH3+])CC(C)C)C1. The van der Waals surface area contributed by atoms with E-state index in [4.69, 9.17) is 9.47 Å². The molecule has 1 aromatic heterocycles. The predicted molar refractivity (Wildman–Crippen MR) is 120 cm³/mol. The first-order chi connectivity index (χ1) is 14.3. The molecule has 0 radical (unpaired) electrons. The average molecular weight is 441 g/mol. The third-order valence-electron chi connectivity index (χ3n) is 5.82. The zero-order valence-electron chi connectivity index (χ0n) is 19.4. The van der Waals surface area contributed by atoms with E-state index >= 15 is 0 Å². The van der Waals surface area contributed by atoms with Crippen LogP contribution in [0, 0.1) is 5.92 Å². The van der Waals surface area contributed by atoms with Crippen LogP contribution in [0.15, 0.2) is 6.08 Å². The standard InChI is InChI=1S/C22H39N4O3S/c1-6-7-8-9-13-28-21-20(24-30-25-21)18-11-10-12-26(5,15-18)17(4)29-22(27)19(23)14-16(2)3/h11,16-17,19H,6-10,12-15,23H2,1-5H3/q+1/p+1/t17-,19-,26?/m0/s1. The summed E-state index contributed by atoms with van der Waals surface area (Å²) in [6.45, 7) is 10.7. The number of ether oxygens (including phenoxy) is 2. The molecule has 0 fully saturated rings. The fourth-order valence-corrected chi connectivity index (χ4v) is 4.31. The number of nitrogens with zero attached hydrogens (tertiary/aromatic N) is 3. The lowest BCUT2D eigenvalue weighted by Gasteiger charge is -2.41. The van der Waals surface area contributed by atoms with E-state index in [0.29, 0.717) is 22.9 Å². The van der Waals surface area contributed by atoms with Crippen LogP contribution >= 0.6 is 11.7 Å². The Morgan fingerprint density at radius 2 is 2.03 bits per heavy atom. The number of aromatic nitrogens is 2. The van der Waals surface area contributed by atoms with Crippen molar-refractivity contribution in [3.05, 3.63) is 11.8 Å². The molecule has 0 saturated carbocycles. The molecular formula is C22H40N4O3S+2. The molecule has 0 saturated heterocycles. The molecule has 1 aliphatic heterocycles. The predicted octanol–water partition coefficient (Wildman–Crippen LogP) is 3.28. The molecular weight excluding hydrogens is 400 g/mol. The van der Waals surface area contributed by atoms with E-state index in [-0.39, 0.29) is 18.2 Å². The van der Waals surface area contributed by atoms with Crippen molar-refractivity contribution < 1.29 is 24.5 Å². The maximum atomic E-state index is 12.5. The van der Waals surface area contributed by atoms with Crippen LogP contribution in [0.1, 0.15) is 71.9 Å². The van der Waals surface area contributed by atoms with Crippen LogP contribution in [0.2, 0.25) is 0 Å². The molecule has 1 aliphatic rings. The molecule has 0 aliphatic carbocycles. The molecule has 1 aromatic rings. The van der Waals surface area contributed by atoms with Crippen molar-refractivity contribution >= 4 is 23.3 Å². The third kappa shape index (κ3) is 7.03. The van der Waals surface area contributed by atoms with Crippen molar-refractivity contribution in [1.82, 2.24) is 8.75 Å². The minimum atomic E-state index is -0.325. The van der Waals surface area contributed by atoms with Crippen LogP contribution in [-0.4, -0.2) is 58.2 Å². The van der Waals surface area contributed by atoms with Crippen LogP contribution in [0.25, 0.3) is 5.57 Å². The number of hydrogen-bond donors (Lipinski definition) is 1. The minimum absolute atomic E-state index is 0.210. The summed E-state index contributed by atoms with van der Waals surface area (Å²) in [7, 11) is 2.14. The lowest BCUT2D eigenvalue weighted by Crippen LogP contribution is -2.67. The summed E-state index contributed by atoms with van der Waals surface area (Å²) in [6, 6.07) is -0.325. The monoisotopic (exact) mass is 440 g/mol. The van der Waals surface area contributed by atoms with Crippen molar-refractivity contribution in [2.24, 2.45) is 5.92 Å². The number of quaternary nitrogens is 2. The van der Waals surface area contributed by atoms with Crippen molar-refractivity contribution in [1.29, 1.82) is 0 Å². The topological polar surface area (TPSA) is 89.0 Å². The van der Waals surface area contributed by atoms with Gasteiger partial charge in [0.05, 0.1) is 31.9 Å². The van der Waals surface area contributed by atoms with Crippen LogP contribution in [0.5, 0.6) is 5.88 Å². The van der Waals surface area contributed by atoms with Gasteiger partial charge in [-0.1, -0.05) is 46.1 Å². The van der Waals surface area contributed by atoms with E-state index in [1.165, 1.54) is 31.0 Å². The van der Waals surface area contributed by atoms with Crippen molar-refractivity contribution in [2.75, 3.05) is 26.7 Å². The second-order valence-electron chi connectivity index (χ2n) is 9.07. The smallest absolute Gasteiger partial charge is 0.369 e. The number of esters is 1. The maximum absolute atomic E-state index is 12.5. The summed E-state index contributed by atoms with van der Waals surface area (Å²) in [5.74, 6) is 0.843.